The first-order valence-corrected chi connectivity index (χ1v) is 13.9. The molecule has 0 bridgehead atoms. The third-order valence-corrected chi connectivity index (χ3v) is 10.7. The van der Waals surface area contributed by atoms with E-state index in [0.29, 0.717) is 26.1 Å². The fraction of sp³-hybridized carbons (Fsp3) is 0.818. The molecule has 2 heterocycles. The van der Waals surface area contributed by atoms with Crippen LogP contribution in [0, 0.1) is 5.92 Å². The molecule has 0 aliphatic carbocycles. The summed E-state index contributed by atoms with van der Waals surface area (Å²) in [5, 5.41) is 1.30. The van der Waals surface area contributed by atoms with Crippen LogP contribution < -0.4 is 0 Å². The third kappa shape index (κ3) is 6.70. The summed E-state index contributed by atoms with van der Waals surface area (Å²) in [5.41, 5.74) is -0.591. The zero-order chi connectivity index (χ0) is 23.6. The maximum absolute atomic E-state index is 13.0. The molecule has 178 valence electrons. The van der Waals surface area contributed by atoms with E-state index in [2.05, 4.69) is 40.4 Å². The van der Waals surface area contributed by atoms with Gasteiger partial charge in [-0.05, 0) is 45.3 Å². The lowest BCUT2D eigenvalue weighted by Gasteiger charge is -2.38. The number of hydrogen-bond donors (Lipinski definition) is 0. The summed E-state index contributed by atoms with van der Waals surface area (Å²) in [6.07, 6.45) is 1.23. The van der Waals surface area contributed by atoms with Gasteiger partial charge in [-0.1, -0.05) is 33.4 Å². The Labute approximate surface area is 187 Å². The molecule has 3 atom stereocenters. The third-order valence-electron chi connectivity index (χ3n) is 6.12. The SMILES string of the molecule is C=CCOC(=O)N1C[C@@H]([C@@H]2C[C@@H](O[Si](C)(C)C(C)(C)C)CN2C(=O)OC(C)(C)C)CO1. The fourth-order valence-electron chi connectivity index (χ4n) is 3.55. The fourth-order valence-corrected chi connectivity index (χ4v) is 4.91. The van der Waals surface area contributed by atoms with Gasteiger partial charge in [0.2, 0.25) is 0 Å². The molecule has 2 aliphatic heterocycles. The smallest absolute Gasteiger partial charge is 0.434 e. The van der Waals surface area contributed by atoms with Crippen molar-refractivity contribution in [3.63, 3.8) is 0 Å². The van der Waals surface area contributed by atoms with Crippen LogP contribution in [-0.2, 0) is 18.7 Å². The molecule has 0 unspecified atom stereocenters. The molecule has 8 nitrogen and oxygen atoms in total. The Morgan fingerprint density at radius 3 is 2.32 bits per heavy atom. The van der Waals surface area contributed by atoms with Gasteiger partial charge in [0.1, 0.15) is 12.2 Å². The monoisotopic (exact) mass is 456 g/mol. The van der Waals surface area contributed by atoms with Gasteiger partial charge in [0, 0.05) is 18.5 Å². The summed E-state index contributed by atoms with van der Waals surface area (Å²) >= 11 is 0. The highest BCUT2D eigenvalue weighted by Gasteiger charge is 2.48. The van der Waals surface area contributed by atoms with E-state index in [1.165, 1.54) is 11.1 Å². The lowest BCUT2D eigenvalue weighted by Crippen LogP contribution is -2.46. The molecule has 2 saturated heterocycles. The number of carbonyl (C=O) groups is 2. The molecule has 2 rings (SSSR count). The second-order valence-corrected chi connectivity index (χ2v) is 15.7. The molecule has 9 heteroatoms. The summed E-state index contributed by atoms with van der Waals surface area (Å²) in [4.78, 5) is 32.5. The van der Waals surface area contributed by atoms with Crippen LogP contribution in [0.5, 0.6) is 0 Å². The molecule has 2 amide bonds. The lowest BCUT2D eigenvalue weighted by molar-refractivity contribution is -0.0902. The van der Waals surface area contributed by atoms with Crippen LogP contribution in [0.1, 0.15) is 48.0 Å². The van der Waals surface area contributed by atoms with E-state index >= 15 is 0 Å². The van der Waals surface area contributed by atoms with Crippen molar-refractivity contribution in [2.45, 2.75) is 83.8 Å². The molecule has 0 spiro atoms. The number of amides is 2. The molecule has 0 aromatic carbocycles. The van der Waals surface area contributed by atoms with E-state index in [9.17, 15) is 9.59 Å². The number of hydrogen-bond acceptors (Lipinski definition) is 6. The minimum atomic E-state index is -2.00. The summed E-state index contributed by atoms with van der Waals surface area (Å²) in [7, 11) is -2.00. The first-order chi connectivity index (χ1) is 14.1. The highest BCUT2D eigenvalue weighted by atomic mass is 28.4. The molecule has 0 aromatic heterocycles. The molecular weight excluding hydrogens is 416 g/mol. The van der Waals surface area contributed by atoms with E-state index in [-0.39, 0.29) is 35.8 Å². The Bertz CT molecular complexity index is 670. The van der Waals surface area contributed by atoms with Gasteiger partial charge < -0.3 is 18.8 Å². The van der Waals surface area contributed by atoms with Crippen LogP contribution in [0.3, 0.4) is 0 Å². The number of carbonyl (C=O) groups excluding carboxylic acids is 2. The number of ether oxygens (including phenoxy) is 2. The minimum Gasteiger partial charge on any atom is -0.444 e. The van der Waals surface area contributed by atoms with E-state index in [1.807, 2.05) is 20.8 Å². The Balaban J connectivity index is 2.14. The van der Waals surface area contributed by atoms with Gasteiger partial charge in [0.25, 0.3) is 0 Å². The van der Waals surface area contributed by atoms with Gasteiger partial charge in [0.05, 0.1) is 19.3 Å². The van der Waals surface area contributed by atoms with Gasteiger partial charge in [-0.15, -0.1) is 0 Å². The summed E-state index contributed by atoms with van der Waals surface area (Å²) in [6, 6.07) is -0.137. The molecule has 0 saturated carbocycles. The average molecular weight is 457 g/mol. The first kappa shape index (κ1) is 25.7. The van der Waals surface area contributed by atoms with E-state index in [1.54, 1.807) is 4.90 Å². The van der Waals surface area contributed by atoms with Crippen molar-refractivity contribution in [2.24, 2.45) is 5.92 Å². The Kier molecular flexibility index (Phi) is 7.87. The molecule has 31 heavy (non-hydrogen) atoms. The van der Waals surface area contributed by atoms with Gasteiger partial charge in [0.15, 0.2) is 8.32 Å². The Hall–Kier alpha value is -1.58. The summed E-state index contributed by atoms with van der Waals surface area (Å²) < 4.78 is 17.4. The normalized spacial score (nSPS) is 25.0. The maximum Gasteiger partial charge on any atom is 0.434 e. The van der Waals surface area contributed by atoms with Crippen molar-refractivity contribution in [2.75, 3.05) is 26.3 Å². The van der Waals surface area contributed by atoms with Crippen molar-refractivity contribution in [3.05, 3.63) is 12.7 Å². The number of rotatable bonds is 5. The van der Waals surface area contributed by atoms with Crippen molar-refractivity contribution in [1.82, 2.24) is 9.96 Å². The first-order valence-electron chi connectivity index (χ1n) is 11.0. The molecule has 0 radical (unpaired) electrons. The number of nitrogens with zero attached hydrogens (tertiary/aromatic N) is 2. The standard InChI is InChI=1S/C22H40N2O6Si/c1-10-11-27-20(26)24-13-16(15-28-24)18-12-17(30-31(8,9)22(5,6)7)14-23(18)19(25)29-21(2,3)4/h10,16-18H,1,11-15H2,2-9H3/t16-,17-,18+/m1/s1. The van der Waals surface area contributed by atoms with E-state index < -0.39 is 20.0 Å². The van der Waals surface area contributed by atoms with Crippen molar-refractivity contribution < 1.29 is 28.3 Å². The van der Waals surface area contributed by atoms with Gasteiger partial charge in [-0.3, -0.25) is 4.84 Å². The quantitative estimate of drug-likeness (QED) is 0.445. The summed E-state index contributed by atoms with van der Waals surface area (Å²) in [6.45, 7) is 21.4. The number of likely N-dealkylation sites (tertiary alicyclic amines) is 1. The molecule has 0 aromatic rings. The average Bonchev–Trinajstić information content (AvgIpc) is 3.23. The maximum atomic E-state index is 13.0. The van der Waals surface area contributed by atoms with Crippen molar-refractivity contribution in [1.29, 1.82) is 0 Å². The zero-order valence-corrected chi connectivity index (χ0v) is 21.4. The summed E-state index contributed by atoms with van der Waals surface area (Å²) in [5.74, 6) is -0.0446. The second-order valence-electron chi connectivity index (χ2n) is 10.9. The van der Waals surface area contributed by atoms with Crippen LogP contribution in [0.15, 0.2) is 12.7 Å². The van der Waals surface area contributed by atoms with Gasteiger partial charge in [-0.25, -0.2) is 9.59 Å². The Morgan fingerprint density at radius 1 is 1.13 bits per heavy atom. The van der Waals surface area contributed by atoms with E-state index in [4.69, 9.17) is 18.7 Å². The van der Waals surface area contributed by atoms with Gasteiger partial charge in [-0.2, -0.15) is 5.06 Å². The molecule has 0 N–H and O–H groups in total. The molecule has 2 fully saturated rings. The lowest BCUT2D eigenvalue weighted by atomic mass is 9.98. The largest absolute Gasteiger partial charge is 0.444 e. The van der Waals surface area contributed by atoms with Crippen LogP contribution >= 0.6 is 0 Å². The van der Waals surface area contributed by atoms with Gasteiger partial charge >= 0.3 is 12.2 Å². The molecule has 2 aliphatic rings. The van der Waals surface area contributed by atoms with Crippen molar-refractivity contribution in [3.8, 4) is 0 Å². The Morgan fingerprint density at radius 2 is 1.77 bits per heavy atom. The van der Waals surface area contributed by atoms with Crippen LogP contribution in [0.25, 0.3) is 0 Å². The predicted molar refractivity (Wildman–Crippen MR) is 121 cm³/mol. The van der Waals surface area contributed by atoms with E-state index in [0.717, 1.165) is 0 Å². The highest BCUT2D eigenvalue weighted by molar-refractivity contribution is 6.74. The zero-order valence-electron chi connectivity index (χ0n) is 20.4. The molecular formula is C22H40N2O6Si. The van der Waals surface area contributed by atoms with Crippen molar-refractivity contribution >= 4 is 20.5 Å². The number of hydroxylamine groups is 2. The second kappa shape index (κ2) is 9.50. The van der Waals surface area contributed by atoms with Crippen LogP contribution in [-0.4, -0.2) is 74.5 Å². The predicted octanol–water partition coefficient (Wildman–Crippen LogP) is 4.57. The highest BCUT2D eigenvalue weighted by Crippen LogP contribution is 2.40. The van der Waals surface area contributed by atoms with Crippen LogP contribution in [0.4, 0.5) is 9.59 Å². The van der Waals surface area contributed by atoms with Crippen LogP contribution in [0.2, 0.25) is 18.1 Å². The topological polar surface area (TPSA) is 77.5 Å². The minimum absolute atomic E-state index is 0.0446.